The van der Waals surface area contributed by atoms with Gasteiger partial charge in [0.05, 0.1) is 9.16 Å². The minimum atomic E-state index is -0.221. The highest BCUT2D eigenvalue weighted by molar-refractivity contribution is 9.11. The van der Waals surface area contributed by atoms with E-state index in [1.54, 1.807) is 30.4 Å². The van der Waals surface area contributed by atoms with Gasteiger partial charge in [-0.05, 0) is 57.1 Å². The van der Waals surface area contributed by atoms with Gasteiger partial charge in [-0.3, -0.25) is 0 Å². The van der Waals surface area contributed by atoms with Gasteiger partial charge in [0.2, 0.25) is 0 Å². The summed E-state index contributed by atoms with van der Waals surface area (Å²) in [4.78, 5) is 0. The molecule has 4 heteroatoms. The fourth-order valence-corrected chi connectivity index (χ4v) is 3.01. The van der Waals surface area contributed by atoms with Gasteiger partial charge in [-0.15, -0.1) is 22.9 Å². The van der Waals surface area contributed by atoms with E-state index in [9.17, 15) is 4.39 Å². The van der Waals surface area contributed by atoms with Crippen LogP contribution in [0.2, 0.25) is 0 Å². The number of hydrogen-bond acceptors (Lipinski definition) is 1. The molecule has 16 heavy (non-hydrogen) atoms. The second-order valence-electron chi connectivity index (χ2n) is 3.56. The lowest BCUT2D eigenvalue weighted by atomic mass is 10.0. The smallest absolute Gasteiger partial charge is 0.126 e. The second-order valence-corrected chi connectivity index (χ2v) is 6.28. The maximum atomic E-state index is 13.1. The zero-order chi connectivity index (χ0) is 11.7. The summed E-state index contributed by atoms with van der Waals surface area (Å²) >= 11 is 11.3. The summed E-state index contributed by atoms with van der Waals surface area (Å²) < 4.78 is 14.2. The van der Waals surface area contributed by atoms with Crippen molar-refractivity contribution in [1.29, 1.82) is 0 Å². The van der Waals surface area contributed by atoms with E-state index >= 15 is 0 Å². The molecule has 0 aliphatic heterocycles. The highest BCUT2D eigenvalue weighted by Crippen LogP contribution is 2.34. The van der Waals surface area contributed by atoms with Crippen LogP contribution in [-0.4, -0.2) is 0 Å². The highest BCUT2D eigenvalue weighted by Gasteiger charge is 2.13. The first-order valence-electron chi connectivity index (χ1n) is 4.72. The van der Waals surface area contributed by atoms with Crippen LogP contribution < -0.4 is 0 Å². The fourth-order valence-electron chi connectivity index (χ4n) is 1.47. The Morgan fingerprint density at radius 3 is 2.62 bits per heavy atom. The quantitative estimate of drug-likeness (QED) is 0.660. The molecule has 0 bridgehead atoms. The molecule has 0 aliphatic carbocycles. The molecule has 2 aromatic rings. The Morgan fingerprint density at radius 1 is 1.31 bits per heavy atom. The third kappa shape index (κ3) is 2.47. The maximum absolute atomic E-state index is 13.1. The van der Waals surface area contributed by atoms with Crippen molar-refractivity contribution >= 4 is 38.9 Å². The van der Waals surface area contributed by atoms with Crippen LogP contribution in [0.5, 0.6) is 0 Å². The third-order valence-electron chi connectivity index (χ3n) is 2.36. The molecule has 1 aromatic heterocycles. The first-order valence-corrected chi connectivity index (χ1v) is 6.83. The summed E-state index contributed by atoms with van der Waals surface area (Å²) in [5.74, 6) is -0.195. The molecule has 0 radical (unpaired) electrons. The topological polar surface area (TPSA) is 0 Å². The molecule has 0 fully saturated rings. The van der Waals surface area contributed by atoms with Crippen molar-refractivity contribution in [3.63, 3.8) is 0 Å². The second kappa shape index (κ2) is 4.86. The van der Waals surface area contributed by atoms with Gasteiger partial charge in [-0.1, -0.05) is 12.1 Å². The lowest BCUT2D eigenvalue weighted by Crippen LogP contribution is -1.93. The maximum Gasteiger partial charge on any atom is 0.126 e. The van der Waals surface area contributed by atoms with Crippen molar-refractivity contribution in [2.24, 2.45) is 0 Å². The third-order valence-corrected chi connectivity index (χ3v) is 4.38. The van der Waals surface area contributed by atoms with Crippen molar-refractivity contribution in [1.82, 2.24) is 0 Å². The Balaban J connectivity index is 2.33. The number of halogens is 3. The summed E-state index contributed by atoms with van der Waals surface area (Å²) in [5.41, 5.74) is 2.58. The van der Waals surface area contributed by atoms with Crippen LogP contribution in [0, 0.1) is 12.7 Å². The molecule has 0 amide bonds. The van der Waals surface area contributed by atoms with Crippen LogP contribution in [0.25, 0.3) is 0 Å². The van der Waals surface area contributed by atoms with Crippen LogP contribution in [0.4, 0.5) is 4.39 Å². The number of benzene rings is 1. The first-order chi connectivity index (χ1) is 7.58. The standard InChI is InChI=1S/C12H9BrClFS/c1-7-4-8(2-3-10(7)15)12(14)9-5-11(13)16-6-9/h2-6,12H,1H3. The van der Waals surface area contributed by atoms with Crippen molar-refractivity contribution in [3.05, 3.63) is 55.9 Å². The lowest BCUT2D eigenvalue weighted by molar-refractivity contribution is 0.617. The van der Waals surface area contributed by atoms with Crippen molar-refractivity contribution in [2.75, 3.05) is 0 Å². The zero-order valence-electron chi connectivity index (χ0n) is 8.51. The number of rotatable bonds is 2. The molecule has 0 aliphatic rings. The molecular weight excluding hydrogens is 311 g/mol. The number of alkyl halides is 1. The summed E-state index contributed by atoms with van der Waals surface area (Å²) in [7, 11) is 0. The van der Waals surface area contributed by atoms with E-state index < -0.39 is 0 Å². The van der Waals surface area contributed by atoms with Gasteiger partial charge in [0.1, 0.15) is 5.82 Å². The number of hydrogen-bond donors (Lipinski definition) is 0. The van der Waals surface area contributed by atoms with E-state index in [4.69, 9.17) is 11.6 Å². The van der Waals surface area contributed by atoms with Crippen LogP contribution >= 0.6 is 38.9 Å². The lowest BCUT2D eigenvalue weighted by Gasteiger charge is -2.09. The van der Waals surface area contributed by atoms with Crippen LogP contribution in [-0.2, 0) is 0 Å². The predicted molar refractivity (Wildman–Crippen MR) is 70.9 cm³/mol. The Bertz CT molecular complexity index is 509. The van der Waals surface area contributed by atoms with Crippen molar-refractivity contribution in [3.8, 4) is 0 Å². The summed E-state index contributed by atoms with van der Waals surface area (Å²) in [5, 5.41) is 1.78. The molecular formula is C12H9BrClFS. The van der Waals surface area contributed by atoms with Gasteiger partial charge in [-0.25, -0.2) is 4.39 Å². The molecule has 1 atom stereocenters. The van der Waals surface area contributed by atoms with Crippen LogP contribution in [0.1, 0.15) is 22.1 Å². The van der Waals surface area contributed by atoms with Gasteiger partial charge in [0.15, 0.2) is 0 Å². The highest BCUT2D eigenvalue weighted by atomic mass is 79.9. The van der Waals surface area contributed by atoms with Gasteiger partial charge >= 0.3 is 0 Å². The summed E-state index contributed by atoms with van der Waals surface area (Å²) in [6, 6.07) is 6.96. The average molecular weight is 320 g/mol. The zero-order valence-corrected chi connectivity index (χ0v) is 11.7. The van der Waals surface area contributed by atoms with Gasteiger partial charge < -0.3 is 0 Å². The van der Waals surface area contributed by atoms with Crippen LogP contribution in [0.15, 0.2) is 33.4 Å². The first kappa shape index (κ1) is 12.1. The Morgan fingerprint density at radius 2 is 2.06 bits per heavy atom. The van der Waals surface area contributed by atoms with E-state index in [0.717, 1.165) is 14.9 Å². The summed E-state index contributed by atoms with van der Waals surface area (Å²) in [6.45, 7) is 1.74. The van der Waals surface area contributed by atoms with Gasteiger partial charge in [0.25, 0.3) is 0 Å². The molecule has 0 nitrogen and oxygen atoms in total. The monoisotopic (exact) mass is 318 g/mol. The molecule has 0 saturated heterocycles. The Labute approximate surface area is 111 Å². The van der Waals surface area contributed by atoms with E-state index in [1.807, 2.05) is 11.4 Å². The Hall–Kier alpha value is -0.380. The molecule has 1 heterocycles. The number of aryl methyl sites for hydroxylation is 1. The van der Waals surface area contributed by atoms with E-state index in [2.05, 4.69) is 15.9 Å². The molecule has 1 aromatic carbocycles. The molecule has 1 unspecified atom stereocenters. The summed E-state index contributed by atoms with van der Waals surface area (Å²) in [6.07, 6.45) is 0. The van der Waals surface area contributed by atoms with E-state index in [-0.39, 0.29) is 11.2 Å². The Kier molecular flexibility index (Phi) is 3.67. The minimum Gasteiger partial charge on any atom is -0.207 e. The SMILES string of the molecule is Cc1cc(C(Cl)c2csc(Br)c2)ccc1F. The molecule has 0 N–H and O–H groups in total. The fraction of sp³-hybridized carbons (Fsp3) is 0.167. The van der Waals surface area contributed by atoms with E-state index in [0.29, 0.717) is 5.56 Å². The van der Waals surface area contributed by atoms with Crippen molar-refractivity contribution < 1.29 is 4.39 Å². The molecule has 0 spiro atoms. The molecule has 2 rings (SSSR count). The molecule has 84 valence electrons. The normalized spacial score (nSPS) is 12.8. The van der Waals surface area contributed by atoms with Crippen molar-refractivity contribution in [2.45, 2.75) is 12.3 Å². The van der Waals surface area contributed by atoms with Crippen LogP contribution in [0.3, 0.4) is 0 Å². The number of thiophene rings is 1. The van der Waals surface area contributed by atoms with Gasteiger partial charge in [0, 0.05) is 0 Å². The molecule has 0 saturated carbocycles. The van der Waals surface area contributed by atoms with E-state index in [1.165, 1.54) is 6.07 Å². The minimum absolute atomic E-state index is 0.195. The van der Waals surface area contributed by atoms with Gasteiger partial charge in [-0.2, -0.15) is 0 Å². The average Bonchev–Trinajstić information content (AvgIpc) is 2.68. The predicted octanol–water partition coefficient (Wildman–Crippen LogP) is 5.29. The largest absolute Gasteiger partial charge is 0.207 e.